The van der Waals surface area contributed by atoms with Crippen molar-refractivity contribution in [2.24, 2.45) is 17.6 Å². The second kappa shape index (κ2) is 13.5. The van der Waals surface area contributed by atoms with Crippen molar-refractivity contribution in [2.75, 3.05) is 18.9 Å². The average molecular weight is 461 g/mol. The minimum atomic E-state index is -3.04. The number of nitrogens with one attached hydrogen (secondary N) is 1. The number of rotatable bonds is 11. The highest BCUT2D eigenvalue weighted by Gasteiger charge is 2.32. The van der Waals surface area contributed by atoms with E-state index in [1.165, 1.54) is 6.42 Å². The molecule has 1 saturated carbocycles. The van der Waals surface area contributed by atoms with Gasteiger partial charge in [0.05, 0.1) is 24.9 Å². The first kappa shape index (κ1) is 27.1. The van der Waals surface area contributed by atoms with Crippen molar-refractivity contribution in [3.63, 3.8) is 0 Å². The highest BCUT2D eigenvalue weighted by molar-refractivity contribution is 7.59. The van der Waals surface area contributed by atoms with Crippen LogP contribution >= 0.6 is 19.8 Å². The summed E-state index contributed by atoms with van der Waals surface area (Å²) in [6.07, 6.45) is 5.30. The molecule has 4 N–H and O–H groups in total. The fourth-order valence-corrected chi connectivity index (χ4v) is 6.40. The molecule has 0 aliphatic heterocycles. The van der Waals surface area contributed by atoms with Gasteiger partial charge in [-0.25, -0.2) is 0 Å². The molecule has 0 saturated heterocycles. The highest BCUT2D eigenvalue weighted by Crippen LogP contribution is 2.51. The van der Waals surface area contributed by atoms with Gasteiger partial charge in [-0.2, -0.15) is 0 Å². The van der Waals surface area contributed by atoms with Crippen LogP contribution in [0.15, 0.2) is 30.3 Å². The van der Waals surface area contributed by atoms with Gasteiger partial charge in [-0.05, 0) is 30.2 Å². The molecule has 1 aromatic rings. The zero-order chi connectivity index (χ0) is 21.3. The first-order chi connectivity index (χ1) is 13.8. The number of amides is 1. The van der Waals surface area contributed by atoms with Crippen LogP contribution in [0.1, 0.15) is 51.5 Å². The lowest BCUT2D eigenvalue weighted by Crippen LogP contribution is -2.46. The maximum atomic E-state index is 13.6. The molecule has 2 rings (SSSR count). The summed E-state index contributed by atoms with van der Waals surface area (Å²) >= 11 is 0. The standard InChI is InChI=1S/C22H37N2O4P.ClH/c1-17(2)21(23)22(26)24-13-20(25)16-29(27,15-19-11-7-4-8-12-19)28-14-18-9-5-3-6-10-18;/h3,5-6,9-10,17,19-21,25H,4,7-8,11-16,23H2,1-2H3,(H,24,26);1H. The summed E-state index contributed by atoms with van der Waals surface area (Å²) in [5.74, 6) is 0.0895. The van der Waals surface area contributed by atoms with Crippen LogP contribution in [0.25, 0.3) is 0 Å². The summed E-state index contributed by atoms with van der Waals surface area (Å²) in [5, 5.41) is 13.1. The van der Waals surface area contributed by atoms with Crippen LogP contribution in [-0.4, -0.2) is 42.0 Å². The van der Waals surface area contributed by atoms with Gasteiger partial charge in [-0.15, -0.1) is 12.4 Å². The quantitative estimate of drug-likeness (QED) is 0.434. The summed E-state index contributed by atoms with van der Waals surface area (Å²) in [4.78, 5) is 12.0. The monoisotopic (exact) mass is 460 g/mol. The Balaban J connectivity index is 0.00000450. The van der Waals surface area contributed by atoms with Gasteiger partial charge in [0.2, 0.25) is 13.3 Å². The van der Waals surface area contributed by atoms with E-state index in [0.29, 0.717) is 12.1 Å². The molecule has 0 radical (unpaired) electrons. The summed E-state index contributed by atoms with van der Waals surface area (Å²) in [7, 11) is -3.04. The van der Waals surface area contributed by atoms with E-state index in [1.807, 2.05) is 44.2 Å². The highest BCUT2D eigenvalue weighted by atomic mass is 35.5. The fraction of sp³-hybridized carbons (Fsp3) is 0.682. The molecule has 0 spiro atoms. The average Bonchev–Trinajstić information content (AvgIpc) is 2.71. The van der Waals surface area contributed by atoms with Gasteiger partial charge in [0, 0.05) is 12.7 Å². The molecule has 1 aliphatic carbocycles. The summed E-state index contributed by atoms with van der Waals surface area (Å²) in [6, 6.07) is 9.04. The lowest BCUT2D eigenvalue weighted by molar-refractivity contribution is -0.123. The lowest BCUT2D eigenvalue weighted by Gasteiger charge is -2.28. The van der Waals surface area contributed by atoms with E-state index in [2.05, 4.69) is 5.32 Å². The van der Waals surface area contributed by atoms with Gasteiger partial charge < -0.3 is 20.7 Å². The van der Waals surface area contributed by atoms with E-state index in [1.54, 1.807) is 0 Å². The van der Waals surface area contributed by atoms with Crippen molar-refractivity contribution < 1.29 is 19.0 Å². The Bertz CT molecular complexity index is 668. The first-order valence-corrected chi connectivity index (χ1v) is 12.8. The molecule has 1 amide bonds. The maximum Gasteiger partial charge on any atom is 0.237 e. The summed E-state index contributed by atoms with van der Waals surface area (Å²) < 4.78 is 19.6. The second-order valence-corrected chi connectivity index (χ2v) is 11.2. The number of hydrogen-bond donors (Lipinski definition) is 3. The van der Waals surface area contributed by atoms with E-state index in [9.17, 15) is 14.5 Å². The van der Waals surface area contributed by atoms with Crippen molar-refractivity contribution in [1.29, 1.82) is 0 Å². The Morgan fingerprint density at radius 1 is 1.23 bits per heavy atom. The Labute approximate surface area is 187 Å². The van der Waals surface area contributed by atoms with Gasteiger partial charge in [0.1, 0.15) is 0 Å². The number of carbonyl (C=O) groups is 1. The van der Waals surface area contributed by atoms with Gasteiger partial charge >= 0.3 is 0 Å². The summed E-state index contributed by atoms with van der Waals surface area (Å²) in [6.45, 7) is 4.04. The zero-order valence-corrected chi connectivity index (χ0v) is 19.9. The van der Waals surface area contributed by atoms with Crippen molar-refractivity contribution in [2.45, 2.75) is 64.7 Å². The van der Waals surface area contributed by atoms with E-state index < -0.39 is 19.5 Å². The van der Waals surface area contributed by atoms with E-state index >= 15 is 0 Å². The molecule has 0 heterocycles. The van der Waals surface area contributed by atoms with Crippen LogP contribution in [0.4, 0.5) is 0 Å². The Morgan fingerprint density at radius 2 is 1.87 bits per heavy atom. The largest absolute Gasteiger partial charge is 0.391 e. The predicted molar refractivity (Wildman–Crippen MR) is 124 cm³/mol. The smallest absolute Gasteiger partial charge is 0.237 e. The summed E-state index contributed by atoms with van der Waals surface area (Å²) in [5.41, 5.74) is 6.80. The fourth-order valence-electron chi connectivity index (χ4n) is 3.73. The number of aliphatic hydroxyl groups is 1. The van der Waals surface area contributed by atoms with Crippen molar-refractivity contribution in [3.05, 3.63) is 35.9 Å². The zero-order valence-electron chi connectivity index (χ0n) is 18.2. The van der Waals surface area contributed by atoms with Crippen LogP contribution in [0, 0.1) is 11.8 Å². The first-order valence-electron chi connectivity index (χ1n) is 10.8. The molecule has 8 heteroatoms. The van der Waals surface area contributed by atoms with Gasteiger partial charge in [-0.3, -0.25) is 9.36 Å². The van der Waals surface area contributed by atoms with Crippen molar-refractivity contribution in [3.8, 4) is 0 Å². The molecule has 0 bridgehead atoms. The second-order valence-electron chi connectivity index (χ2n) is 8.61. The predicted octanol–water partition coefficient (Wildman–Crippen LogP) is 3.94. The molecule has 1 fully saturated rings. The molecule has 3 unspecified atom stereocenters. The Hall–Kier alpha value is -0.910. The number of nitrogens with two attached hydrogens (primary N) is 1. The maximum absolute atomic E-state index is 13.6. The lowest BCUT2D eigenvalue weighted by atomic mass is 9.91. The molecule has 30 heavy (non-hydrogen) atoms. The van der Waals surface area contributed by atoms with Crippen LogP contribution in [0.2, 0.25) is 0 Å². The molecule has 0 aromatic heterocycles. The normalized spacial score (nSPS) is 18.8. The SMILES string of the molecule is CC(C)C(N)C(=O)NCC(O)CP(=O)(CC1CCCCC1)OCc1ccccc1.Cl. The molecule has 1 aromatic carbocycles. The number of aliphatic hydroxyl groups excluding tert-OH is 1. The van der Waals surface area contributed by atoms with E-state index in [4.69, 9.17) is 10.3 Å². The minimum Gasteiger partial charge on any atom is -0.391 e. The number of halogens is 1. The molecular formula is C22H38ClN2O4P. The van der Waals surface area contributed by atoms with Crippen LogP contribution in [0.5, 0.6) is 0 Å². The van der Waals surface area contributed by atoms with Crippen LogP contribution in [0.3, 0.4) is 0 Å². The van der Waals surface area contributed by atoms with Crippen LogP contribution < -0.4 is 11.1 Å². The Kier molecular flexibility index (Phi) is 12.2. The molecule has 6 nitrogen and oxygen atoms in total. The van der Waals surface area contributed by atoms with Gasteiger partial charge in [0.15, 0.2) is 0 Å². The number of hydrogen-bond acceptors (Lipinski definition) is 5. The van der Waals surface area contributed by atoms with E-state index in [-0.39, 0.29) is 43.5 Å². The molecule has 3 atom stereocenters. The Morgan fingerprint density at radius 3 is 2.47 bits per heavy atom. The van der Waals surface area contributed by atoms with E-state index in [0.717, 1.165) is 31.2 Å². The minimum absolute atomic E-state index is 0. The molecule has 172 valence electrons. The van der Waals surface area contributed by atoms with Gasteiger partial charge in [-0.1, -0.05) is 63.4 Å². The molecule has 1 aliphatic rings. The van der Waals surface area contributed by atoms with Crippen molar-refractivity contribution in [1.82, 2.24) is 5.32 Å². The number of carbonyl (C=O) groups excluding carboxylic acids is 1. The third-order valence-electron chi connectivity index (χ3n) is 5.59. The molecular weight excluding hydrogens is 423 g/mol. The van der Waals surface area contributed by atoms with Crippen LogP contribution in [-0.2, 0) is 20.5 Å². The third kappa shape index (κ3) is 9.49. The van der Waals surface area contributed by atoms with Gasteiger partial charge in [0.25, 0.3) is 0 Å². The van der Waals surface area contributed by atoms with Crippen molar-refractivity contribution >= 4 is 25.7 Å². The number of benzene rings is 1. The topological polar surface area (TPSA) is 102 Å². The third-order valence-corrected chi connectivity index (χ3v) is 8.24.